The fourth-order valence-electron chi connectivity index (χ4n) is 3.58. The van der Waals surface area contributed by atoms with Crippen LogP contribution in [0.4, 0.5) is 0 Å². The highest BCUT2D eigenvalue weighted by molar-refractivity contribution is 5.67. The summed E-state index contributed by atoms with van der Waals surface area (Å²) in [7, 11) is 1.59. The van der Waals surface area contributed by atoms with Gasteiger partial charge in [-0.2, -0.15) is 9.36 Å². The molecule has 28 heavy (non-hydrogen) atoms. The van der Waals surface area contributed by atoms with Crippen molar-refractivity contribution in [2.75, 3.05) is 0 Å². The number of hydrogen-bond acceptors (Lipinski definition) is 4. The lowest BCUT2D eigenvalue weighted by Crippen LogP contribution is -2.23. The third kappa shape index (κ3) is 3.63. The fraction of sp³-hybridized carbons (Fsp3) is 0.318. The lowest BCUT2D eigenvalue weighted by atomic mass is 9.94. The zero-order valence-electron chi connectivity index (χ0n) is 16.3. The molecule has 6 heteroatoms. The Morgan fingerprint density at radius 1 is 1.11 bits per heavy atom. The van der Waals surface area contributed by atoms with Gasteiger partial charge in [0.2, 0.25) is 0 Å². The number of benzene rings is 2. The van der Waals surface area contributed by atoms with E-state index in [0.717, 1.165) is 29.7 Å². The molecule has 3 aromatic rings. The molecule has 2 aromatic carbocycles. The van der Waals surface area contributed by atoms with Crippen LogP contribution in [0.15, 0.2) is 53.3 Å². The minimum Gasteiger partial charge on any atom is -0.489 e. The number of tetrazole rings is 1. The van der Waals surface area contributed by atoms with Crippen molar-refractivity contribution in [1.82, 2.24) is 19.8 Å². The Morgan fingerprint density at radius 3 is 2.71 bits per heavy atom. The monoisotopic (exact) mass is 376 g/mol. The topological polar surface area (TPSA) is 61.9 Å². The van der Waals surface area contributed by atoms with E-state index in [9.17, 15) is 4.79 Å². The predicted octanol–water partition coefficient (Wildman–Crippen LogP) is 3.81. The highest BCUT2D eigenvalue weighted by Crippen LogP contribution is 2.29. The second-order valence-electron chi connectivity index (χ2n) is 7.16. The van der Waals surface area contributed by atoms with Gasteiger partial charge in [0, 0.05) is 12.6 Å². The number of aryl methyl sites for hydroxylation is 2. The molecule has 0 N–H and O–H groups in total. The Bertz CT molecular complexity index is 1080. The van der Waals surface area contributed by atoms with Crippen molar-refractivity contribution in [2.45, 2.75) is 39.2 Å². The van der Waals surface area contributed by atoms with Gasteiger partial charge >= 0.3 is 5.69 Å². The van der Waals surface area contributed by atoms with Crippen molar-refractivity contribution in [3.8, 4) is 11.4 Å². The summed E-state index contributed by atoms with van der Waals surface area (Å²) in [5, 5.41) is 7.79. The number of nitrogens with zero attached hydrogens (tertiary/aromatic N) is 4. The molecule has 0 saturated carbocycles. The first kappa shape index (κ1) is 18.2. The molecule has 1 aliphatic carbocycles. The molecule has 4 rings (SSSR count). The van der Waals surface area contributed by atoms with Crippen LogP contribution in [-0.2, 0) is 13.7 Å². The summed E-state index contributed by atoms with van der Waals surface area (Å²) < 4.78 is 8.65. The first-order valence-corrected chi connectivity index (χ1v) is 9.63. The molecule has 0 spiro atoms. The summed E-state index contributed by atoms with van der Waals surface area (Å²) in [6, 6.07) is 14.0. The Labute approximate surface area is 164 Å². The first-order chi connectivity index (χ1) is 13.6. The Morgan fingerprint density at radius 2 is 1.96 bits per heavy atom. The summed E-state index contributed by atoms with van der Waals surface area (Å²) in [6.45, 7) is 2.36. The molecule has 0 unspecified atom stereocenters. The van der Waals surface area contributed by atoms with E-state index in [-0.39, 0.29) is 5.69 Å². The summed E-state index contributed by atoms with van der Waals surface area (Å²) in [5.74, 6) is 0.824. The molecule has 6 nitrogen and oxygen atoms in total. The molecule has 0 amide bonds. The van der Waals surface area contributed by atoms with Gasteiger partial charge < -0.3 is 4.74 Å². The Kier molecular flexibility index (Phi) is 5.10. The van der Waals surface area contributed by atoms with Crippen LogP contribution in [-0.4, -0.2) is 19.8 Å². The molecule has 0 saturated heterocycles. The van der Waals surface area contributed by atoms with Gasteiger partial charge in [-0.15, -0.1) is 0 Å². The van der Waals surface area contributed by atoms with E-state index < -0.39 is 0 Å². The van der Waals surface area contributed by atoms with Crippen LogP contribution >= 0.6 is 0 Å². The number of ether oxygens (including phenoxy) is 1. The summed E-state index contributed by atoms with van der Waals surface area (Å²) in [6.07, 6.45) is 7.14. The molecular weight excluding hydrogens is 352 g/mol. The third-order valence-corrected chi connectivity index (χ3v) is 5.21. The van der Waals surface area contributed by atoms with Crippen molar-refractivity contribution in [1.29, 1.82) is 0 Å². The van der Waals surface area contributed by atoms with E-state index >= 15 is 0 Å². The van der Waals surface area contributed by atoms with Crippen molar-refractivity contribution in [3.63, 3.8) is 0 Å². The Hall–Kier alpha value is -3.15. The van der Waals surface area contributed by atoms with Crippen molar-refractivity contribution in [3.05, 3.63) is 75.7 Å². The Balaban J connectivity index is 1.60. The van der Waals surface area contributed by atoms with Crippen LogP contribution in [0.1, 0.15) is 42.4 Å². The van der Waals surface area contributed by atoms with E-state index in [4.69, 9.17) is 4.74 Å². The maximum absolute atomic E-state index is 12.3. The van der Waals surface area contributed by atoms with Gasteiger partial charge in [0.15, 0.2) is 0 Å². The normalized spacial score (nSPS) is 14.0. The SMILES string of the molecule is Cc1cccc(-n2nnn(C)c2=O)c1COc1cccc(C2=CCCCC2)c1. The van der Waals surface area contributed by atoms with E-state index in [0.29, 0.717) is 12.3 Å². The molecular formula is C22H24N4O2. The van der Waals surface area contributed by atoms with Gasteiger partial charge in [-0.1, -0.05) is 30.3 Å². The standard InChI is InChI=1S/C22H24N4O2/c1-16-8-6-13-21(26-22(27)25(2)23-24-26)20(16)15-28-19-12-7-11-18(14-19)17-9-4-3-5-10-17/h6-9,11-14H,3-5,10,15H2,1-2H3. The summed E-state index contributed by atoms with van der Waals surface area (Å²) in [5.41, 5.74) is 5.02. The molecule has 0 aliphatic heterocycles. The number of hydrogen-bond donors (Lipinski definition) is 0. The zero-order chi connectivity index (χ0) is 19.5. The smallest absolute Gasteiger partial charge is 0.368 e. The van der Waals surface area contributed by atoms with E-state index in [1.165, 1.54) is 33.3 Å². The third-order valence-electron chi connectivity index (χ3n) is 5.21. The summed E-state index contributed by atoms with van der Waals surface area (Å²) >= 11 is 0. The van der Waals surface area contributed by atoms with E-state index in [1.807, 2.05) is 37.3 Å². The van der Waals surface area contributed by atoms with Crippen LogP contribution in [0.2, 0.25) is 0 Å². The number of aromatic nitrogens is 4. The van der Waals surface area contributed by atoms with Gasteiger partial charge in [-0.05, 0) is 77.9 Å². The van der Waals surface area contributed by atoms with Gasteiger partial charge in [0.1, 0.15) is 12.4 Å². The van der Waals surface area contributed by atoms with Crippen molar-refractivity contribution < 1.29 is 4.74 Å². The first-order valence-electron chi connectivity index (χ1n) is 9.63. The highest BCUT2D eigenvalue weighted by Gasteiger charge is 2.14. The van der Waals surface area contributed by atoms with Gasteiger partial charge in [-0.25, -0.2) is 4.79 Å². The lowest BCUT2D eigenvalue weighted by Gasteiger charge is -2.15. The quantitative estimate of drug-likeness (QED) is 0.679. The van der Waals surface area contributed by atoms with Gasteiger partial charge in [0.25, 0.3) is 0 Å². The van der Waals surface area contributed by atoms with E-state index in [2.05, 4.69) is 28.6 Å². The largest absolute Gasteiger partial charge is 0.489 e. The highest BCUT2D eigenvalue weighted by atomic mass is 16.5. The van der Waals surface area contributed by atoms with Crippen LogP contribution in [0, 0.1) is 6.92 Å². The molecule has 0 atom stereocenters. The minimum atomic E-state index is -0.280. The van der Waals surface area contributed by atoms with Crippen molar-refractivity contribution in [2.24, 2.45) is 7.05 Å². The molecule has 1 heterocycles. The average molecular weight is 376 g/mol. The molecule has 144 valence electrons. The second-order valence-corrected chi connectivity index (χ2v) is 7.16. The van der Waals surface area contributed by atoms with Crippen LogP contribution in [0.25, 0.3) is 11.3 Å². The maximum atomic E-state index is 12.3. The van der Waals surface area contributed by atoms with Gasteiger partial charge in [-0.3, -0.25) is 0 Å². The molecule has 0 bridgehead atoms. The minimum absolute atomic E-state index is 0.280. The van der Waals surface area contributed by atoms with E-state index in [1.54, 1.807) is 7.05 Å². The second kappa shape index (κ2) is 7.84. The van der Waals surface area contributed by atoms with Crippen LogP contribution in [0.3, 0.4) is 0 Å². The van der Waals surface area contributed by atoms with Crippen molar-refractivity contribution >= 4 is 5.57 Å². The average Bonchev–Trinajstić information content (AvgIpc) is 3.06. The van der Waals surface area contributed by atoms with Crippen LogP contribution < -0.4 is 10.4 Å². The van der Waals surface area contributed by atoms with Gasteiger partial charge in [0.05, 0.1) is 5.69 Å². The molecule has 0 radical (unpaired) electrons. The molecule has 1 aliphatic rings. The molecule has 1 aromatic heterocycles. The van der Waals surface area contributed by atoms with Crippen LogP contribution in [0.5, 0.6) is 5.75 Å². The fourth-order valence-corrected chi connectivity index (χ4v) is 3.58. The predicted molar refractivity (Wildman–Crippen MR) is 109 cm³/mol. The lowest BCUT2D eigenvalue weighted by molar-refractivity contribution is 0.304. The maximum Gasteiger partial charge on any atom is 0.368 e. The number of rotatable bonds is 5. The summed E-state index contributed by atoms with van der Waals surface area (Å²) in [4.78, 5) is 12.3. The number of allylic oxidation sites excluding steroid dienone is 2. The molecule has 0 fully saturated rings. The zero-order valence-corrected chi connectivity index (χ0v) is 16.3.